The van der Waals surface area contributed by atoms with Crippen LogP contribution in [0.2, 0.25) is 0 Å². The van der Waals surface area contributed by atoms with Crippen molar-refractivity contribution in [1.82, 2.24) is 14.8 Å². The van der Waals surface area contributed by atoms with Crippen LogP contribution in [0, 0.1) is 10.1 Å². The molecule has 0 radical (unpaired) electrons. The second-order valence-corrected chi connectivity index (χ2v) is 8.01. The van der Waals surface area contributed by atoms with Crippen LogP contribution in [-0.4, -0.2) is 57.7 Å². The lowest BCUT2D eigenvalue weighted by Crippen LogP contribution is -2.38. The first-order valence-corrected chi connectivity index (χ1v) is 11.1. The van der Waals surface area contributed by atoms with Crippen molar-refractivity contribution in [2.24, 2.45) is 0 Å². The van der Waals surface area contributed by atoms with E-state index in [2.05, 4.69) is 20.4 Å². The van der Waals surface area contributed by atoms with E-state index < -0.39 is 4.92 Å². The van der Waals surface area contributed by atoms with Crippen molar-refractivity contribution in [3.8, 4) is 0 Å². The van der Waals surface area contributed by atoms with Crippen molar-refractivity contribution in [2.75, 3.05) is 42.3 Å². The number of nitrogens with zero attached hydrogens (tertiary/aromatic N) is 5. The number of amides is 1. The number of benzene rings is 2. The number of hydrogen-bond acceptors (Lipinski definition) is 8. The molecule has 1 fully saturated rings. The smallest absolute Gasteiger partial charge is 0.292 e. The Balaban J connectivity index is 1.49. The van der Waals surface area contributed by atoms with E-state index in [0.717, 1.165) is 24.6 Å². The lowest BCUT2D eigenvalue weighted by molar-refractivity contribution is -0.383. The zero-order chi connectivity index (χ0) is 22.3. The normalized spacial score (nSPS) is 13.7. The Bertz CT molecular complexity index is 1080. The van der Waals surface area contributed by atoms with Crippen LogP contribution in [0.25, 0.3) is 0 Å². The third kappa shape index (κ3) is 5.24. The minimum Gasteiger partial charge on any atom is -0.378 e. The Labute approximate surface area is 188 Å². The molecule has 1 saturated heterocycles. The zero-order valence-electron chi connectivity index (χ0n) is 17.2. The Morgan fingerprint density at radius 2 is 1.81 bits per heavy atom. The van der Waals surface area contributed by atoms with Gasteiger partial charge in [0.25, 0.3) is 5.69 Å². The topological polar surface area (TPSA) is 115 Å². The van der Waals surface area contributed by atoms with Crippen LogP contribution in [0.3, 0.4) is 0 Å². The van der Waals surface area contributed by atoms with Crippen LogP contribution in [0.1, 0.15) is 5.56 Å². The third-order valence-electron chi connectivity index (χ3n) is 4.88. The summed E-state index contributed by atoms with van der Waals surface area (Å²) >= 11 is 1.24. The molecular formula is C21H22N6O4S. The molecule has 0 unspecified atom stereocenters. The van der Waals surface area contributed by atoms with E-state index in [1.165, 1.54) is 23.9 Å². The van der Waals surface area contributed by atoms with Crippen LogP contribution >= 0.6 is 11.8 Å². The molecule has 10 nitrogen and oxygen atoms in total. The number of aromatic nitrogens is 3. The number of para-hydroxylation sites is 2. The number of carbonyl (C=O) groups is 1. The summed E-state index contributed by atoms with van der Waals surface area (Å²) < 4.78 is 7.43. The monoisotopic (exact) mass is 454 g/mol. The van der Waals surface area contributed by atoms with Gasteiger partial charge in [-0.25, -0.2) is 0 Å². The Hall–Kier alpha value is -3.44. The fourth-order valence-electron chi connectivity index (χ4n) is 3.34. The van der Waals surface area contributed by atoms with Crippen LogP contribution in [0.15, 0.2) is 59.8 Å². The van der Waals surface area contributed by atoms with E-state index in [1.807, 2.05) is 34.9 Å². The number of morpholine rings is 1. The SMILES string of the molecule is O=C(CSc1nnc(N2CCOCC2)n1Cc1ccccc1)Nc1ccccc1[N+](=O)[O-]. The molecule has 0 bridgehead atoms. The molecule has 32 heavy (non-hydrogen) atoms. The maximum Gasteiger partial charge on any atom is 0.292 e. The molecule has 0 aliphatic carbocycles. The maximum absolute atomic E-state index is 12.5. The van der Waals surface area contributed by atoms with Gasteiger partial charge in [-0.1, -0.05) is 54.2 Å². The average molecular weight is 455 g/mol. The fraction of sp³-hybridized carbons (Fsp3) is 0.286. The van der Waals surface area contributed by atoms with Gasteiger partial charge in [-0.05, 0) is 11.6 Å². The van der Waals surface area contributed by atoms with Crippen LogP contribution < -0.4 is 10.2 Å². The molecule has 1 aliphatic rings. The highest BCUT2D eigenvalue weighted by molar-refractivity contribution is 7.99. The number of anilines is 2. The van der Waals surface area contributed by atoms with Crippen molar-refractivity contribution < 1.29 is 14.5 Å². The summed E-state index contributed by atoms with van der Waals surface area (Å²) in [6, 6.07) is 16.0. The summed E-state index contributed by atoms with van der Waals surface area (Å²) in [7, 11) is 0. The van der Waals surface area contributed by atoms with E-state index in [0.29, 0.717) is 24.9 Å². The van der Waals surface area contributed by atoms with Gasteiger partial charge in [0.05, 0.1) is 30.4 Å². The largest absolute Gasteiger partial charge is 0.378 e. The van der Waals surface area contributed by atoms with Crippen LogP contribution in [0.4, 0.5) is 17.3 Å². The van der Waals surface area contributed by atoms with Gasteiger partial charge >= 0.3 is 0 Å². The van der Waals surface area contributed by atoms with E-state index in [-0.39, 0.29) is 23.0 Å². The van der Waals surface area contributed by atoms with Gasteiger partial charge in [-0.15, -0.1) is 10.2 Å². The van der Waals surface area contributed by atoms with Gasteiger partial charge < -0.3 is 15.0 Å². The number of nitro groups is 1. The summed E-state index contributed by atoms with van der Waals surface area (Å²) in [6.45, 7) is 3.25. The minimum atomic E-state index is -0.520. The Morgan fingerprint density at radius 3 is 2.56 bits per heavy atom. The highest BCUT2D eigenvalue weighted by Crippen LogP contribution is 2.26. The summed E-state index contributed by atoms with van der Waals surface area (Å²) in [5, 5.41) is 23.1. The van der Waals surface area contributed by atoms with Gasteiger partial charge in [0.15, 0.2) is 5.16 Å². The summed E-state index contributed by atoms with van der Waals surface area (Å²) in [5.41, 5.74) is 1.11. The Morgan fingerprint density at radius 1 is 1.09 bits per heavy atom. The number of nitrogens with one attached hydrogen (secondary N) is 1. The number of carbonyl (C=O) groups excluding carboxylic acids is 1. The van der Waals surface area contributed by atoms with E-state index in [4.69, 9.17) is 4.74 Å². The predicted molar refractivity (Wildman–Crippen MR) is 121 cm³/mol. The molecule has 3 aromatic rings. The van der Waals surface area contributed by atoms with E-state index in [9.17, 15) is 14.9 Å². The highest BCUT2D eigenvalue weighted by atomic mass is 32.2. The van der Waals surface area contributed by atoms with Gasteiger partial charge in [0.2, 0.25) is 11.9 Å². The van der Waals surface area contributed by atoms with Gasteiger partial charge in [-0.2, -0.15) is 0 Å². The molecule has 2 aromatic carbocycles. The molecule has 1 amide bonds. The molecule has 11 heteroatoms. The molecule has 0 spiro atoms. The highest BCUT2D eigenvalue weighted by Gasteiger charge is 2.22. The van der Waals surface area contributed by atoms with Gasteiger partial charge in [-0.3, -0.25) is 19.5 Å². The van der Waals surface area contributed by atoms with Gasteiger partial charge in [0, 0.05) is 19.2 Å². The summed E-state index contributed by atoms with van der Waals surface area (Å²) in [5.74, 6) is 0.424. The predicted octanol–water partition coefficient (Wildman–Crippen LogP) is 2.80. The van der Waals surface area contributed by atoms with Crippen LogP contribution in [-0.2, 0) is 16.1 Å². The first kappa shape index (κ1) is 21.8. The second kappa shape index (κ2) is 10.2. The molecule has 2 heterocycles. The number of nitro benzene ring substituents is 1. The minimum absolute atomic E-state index is 0.0437. The lowest BCUT2D eigenvalue weighted by Gasteiger charge is -2.28. The second-order valence-electron chi connectivity index (χ2n) is 7.06. The molecule has 4 rings (SSSR count). The summed E-state index contributed by atoms with van der Waals surface area (Å²) in [6.07, 6.45) is 0. The number of rotatable bonds is 8. The third-order valence-corrected chi connectivity index (χ3v) is 5.85. The fourth-order valence-corrected chi connectivity index (χ4v) is 4.08. The number of thioether (sulfide) groups is 1. The molecule has 1 N–H and O–H groups in total. The number of hydrogen-bond donors (Lipinski definition) is 1. The molecule has 166 valence electrons. The van der Waals surface area contributed by atoms with Crippen molar-refractivity contribution in [1.29, 1.82) is 0 Å². The zero-order valence-corrected chi connectivity index (χ0v) is 18.0. The van der Waals surface area contributed by atoms with Crippen molar-refractivity contribution in [3.63, 3.8) is 0 Å². The molecule has 0 atom stereocenters. The van der Waals surface area contributed by atoms with Gasteiger partial charge in [0.1, 0.15) is 5.69 Å². The molecule has 1 aliphatic heterocycles. The number of ether oxygens (including phenoxy) is 1. The molecule has 1 aromatic heterocycles. The molecule has 0 saturated carbocycles. The van der Waals surface area contributed by atoms with Crippen molar-refractivity contribution in [2.45, 2.75) is 11.7 Å². The first-order valence-electron chi connectivity index (χ1n) is 10.1. The average Bonchev–Trinajstić information content (AvgIpc) is 3.21. The summed E-state index contributed by atoms with van der Waals surface area (Å²) in [4.78, 5) is 25.3. The van der Waals surface area contributed by atoms with Crippen LogP contribution in [0.5, 0.6) is 0 Å². The standard InChI is InChI=1S/C21H22N6O4S/c28-19(22-17-8-4-5-9-18(17)27(29)30)15-32-21-24-23-20(25-10-12-31-13-11-25)26(21)14-16-6-2-1-3-7-16/h1-9H,10-15H2,(H,22,28). The quantitative estimate of drug-likeness (QED) is 0.314. The lowest BCUT2D eigenvalue weighted by atomic mass is 10.2. The molecular weight excluding hydrogens is 432 g/mol. The van der Waals surface area contributed by atoms with E-state index >= 15 is 0 Å². The van der Waals surface area contributed by atoms with Crippen molar-refractivity contribution in [3.05, 3.63) is 70.3 Å². The van der Waals surface area contributed by atoms with Crippen molar-refractivity contribution >= 4 is 35.0 Å². The van der Waals surface area contributed by atoms with E-state index in [1.54, 1.807) is 12.1 Å². The Kier molecular flexibility index (Phi) is 6.97. The first-order chi connectivity index (χ1) is 15.6. The maximum atomic E-state index is 12.5.